The van der Waals surface area contributed by atoms with E-state index in [1.54, 1.807) is 19.2 Å². The van der Waals surface area contributed by atoms with Crippen molar-refractivity contribution in [3.05, 3.63) is 77.4 Å². The fourth-order valence-electron chi connectivity index (χ4n) is 3.21. The van der Waals surface area contributed by atoms with E-state index in [0.717, 1.165) is 11.1 Å². The molecule has 0 aliphatic heterocycles. The van der Waals surface area contributed by atoms with Crippen molar-refractivity contribution in [3.63, 3.8) is 0 Å². The average molecular weight is 422 g/mol. The molecule has 0 fully saturated rings. The smallest absolute Gasteiger partial charge is 0.203 e. The van der Waals surface area contributed by atoms with Gasteiger partial charge in [0.2, 0.25) is 5.75 Å². The first-order chi connectivity index (χ1) is 15.1. The van der Waals surface area contributed by atoms with Crippen molar-refractivity contribution in [1.82, 2.24) is 0 Å². The van der Waals surface area contributed by atoms with Gasteiger partial charge in [-0.3, -0.25) is 4.79 Å². The Morgan fingerprint density at radius 1 is 0.677 bits per heavy atom. The van der Waals surface area contributed by atoms with E-state index >= 15 is 0 Å². The zero-order chi connectivity index (χ0) is 22.2. The molecule has 3 aromatic carbocycles. The summed E-state index contributed by atoms with van der Waals surface area (Å²) < 4.78 is 27.4. The first-order valence-corrected chi connectivity index (χ1v) is 9.76. The van der Waals surface area contributed by atoms with Crippen molar-refractivity contribution in [2.24, 2.45) is 0 Å². The second kappa shape index (κ2) is 10.4. The highest BCUT2D eigenvalue weighted by Gasteiger charge is 2.18. The number of carbonyl (C=O) groups is 1. The monoisotopic (exact) mass is 422 g/mol. The minimum Gasteiger partial charge on any atom is -0.493 e. The van der Waals surface area contributed by atoms with Crippen LogP contribution in [0, 0.1) is 0 Å². The van der Waals surface area contributed by atoms with Crippen molar-refractivity contribution < 1.29 is 28.5 Å². The number of ether oxygens (including phenoxy) is 5. The van der Waals surface area contributed by atoms with Crippen LogP contribution >= 0.6 is 0 Å². The second-order valence-electron chi connectivity index (χ2n) is 6.77. The van der Waals surface area contributed by atoms with Crippen LogP contribution in [0.5, 0.6) is 28.7 Å². The highest BCUT2D eigenvalue weighted by molar-refractivity contribution is 5.98. The Kier molecular flexibility index (Phi) is 7.38. The first kappa shape index (κ1) is 22.0. The molecule has 3 aromatic rings. The standard InChI is InChI=1S/C25H26O6/c1-27-22-13-18(10-11-21(22)31-16-17-8-6-5-7-9-17)12-20(26)19-14-23(28-2)25(30-4)24(15-19)29-3/h5-11,13-15H,12,16H2,1-4H3. The molecule has 0 atom stereocenters. The lowest BCUT2D eigenvalue weighted by atomic mass is 10.0. The van der Waals surface area contributed by atoms with Gasteiger partial charge in [-0.15, -0.1) is 0 Å². The van der Waals surface area contributed by atoms with Crippen molar-refractivity contribution in [3.8, 4) is 28.7 Å². The molecule has 0 aliphatic carbocycles. The summed E-state index contributed by atoms with van der Waals surface area (Å²) >= 11 is 0. The van der Waals surface area contributed by atoms with Gasteiger partial charge in [0.15, 0.2) is 28.8 Å². The van der Waals surface area contributed by atoms with Crippen LogP contribution in [0.1, 0.15) is 21.5 Å². The van der Waals surface area contributed by atoms with E-state index in [9.17, 15) is 4.79 Å². The van der Waals surface area contributed by atoms with Gasteiger partial charge in [0.05, 0.1) is 28.4 Å². The topological polar surface area (TPSA) is 63.2 Å². The molecule has 0 amide bonds. The summed E-state index contributed by atoms with van der Waals surface area (Å²) in [4.78, 5) is 12.9. The molecule has 0 radical (unpaired) electrons. The molecule has 0 unspecified atom stereocenters. The van der Waals surface area contributed by atoms with Gasteiger partial charge in [0.1, 0.15) is 6.61 Å². The molecule has 0 bridgehead atoms. The molecule has 3 rings (SSSR count). The fourth-order valence-corrected chi connectivity index (χ4v) is 3.21. The molecule has 162 valence electrons. The van der Waals surface area contributed by atoms with Crippen molar-refractivity contribution in [1.29, 1.82) is 0 Å². The van der Waals surface area contributed by atoms with Crippen LogP contribution in [-0.4, -0.2) is 34.2 Å². The highest BCUT2D eigenvalue weighted by atomic mass is 16.5. The molecular formula is C25H26O6. The molecule has 0 saturated carbocycles. The third kappa shape index (κ3) is 5.28. The van der Waals surface area contributed by atoms with Gasteiger partial charge in [-0.1, -0.05) is 36.4 Å². The summed E-state index contributed by atoms with van der Waals surface area (Å²) in [6.45, 7) is 0.431. The number of hydrogen-bond acceptors (Lipinski definition) is 6. The number of benzene rings is 3. The van der Waals surface area contributed by atoms with E-state index in [1.807, 2.05) is 48.5 Å². The van der Waals surface area contributed by atoms with E-state index < -0.39 is 0 Å². The van der Waals surface area contributed by atoms with Crippen LogP contribution in [0.3, 0.4) is 0 Å². The number of methoxy groups -OCH3 is 4. The van der Waals surface area contributed by atoms with Crippen LogP contribution in [0.25, 0.3) is 0 Å². The largest absolute Gasteiger partial charge is 0.493 e. The summed E-state index contributed by atoms with van der Waals surface area (Å²) in [5.41, 5.74) is 2.34. The Balaban J connectivity index is 1.77. The van der Waals surface area contributed by atoms with Crippen LogP contribution in [0.4, 0.5) is 0 Å². The maximum absolute atomic E-state index is 12.9. The lowest BCUT2D eigenvalue weighted by Crippen LogP contribution is -2.06. The van der Waals surface area contributed by atoms with E-state index in [2.05, 4.69) is 0 Å². The zero-order valence-corrected chi connectivity index (χ0v) is 18.1. The lowest BCUT2D eigenvalue weighted by Gasteiger charge is -2.14. The molecule has 0 aliphatic rings. The summed E-state index contributed by atoms with van der Waals surface area (Å²) in [7, 11) is 6.14. The number of carbonyl (C=O) groups excluding carboxylic acids is 1. The molecule has 0 N–H and O–H groups in total. The predicted molar refractivity (Wildman–Crippen MR) is 118 cm³/mol. The predicted octanol–water partition coefficient (Wildman–Crippen LogP) is 4.73. The van der Waals surface area contributed by atoms with Gasteiger partial charge in [-0.25, -0.2) is 0 Å². The van der Waals surface area contributed by atoms with Gasteiger partial charge in [0.25, 0.3) is 0 Å². The number of Topliss-reactive ketones (excluding diaryl/α,β-unsaturated/α-hetero) is 1. The Morgan fingerprint density at radius 2 is 1.32 bits per heavy atom. The molecule has 0 aromatic heterocycles. The van der Waals surface area contributed by atoms with E-state index in [4.69, 9.17) is 23.7 Å². The van der Waals surface area contributed by atoms with Crippen molar-refractivity contribution in [2.45, 2.75) is 13.0 Å². The SMILES string of the molecule is COc1cc(CC(=O)c2cc(OC)c(OC)c(OC)c2)ccc1OCc1ccccc1. The number of hydrogen-bond donors (Lipinski definition) is 0. The molecule has 0 heterocycles. The van der Waals surface area contributed by atoms with Gasteiger partial charge in [-0.2, -0.15) is 0 Å². The number of ketones is 1. The van der Waals surface area contributed by atoms with E-state index in [-0.39, 0.29) is 12.2 Å². The number of rotatable bonds is 10. The minimum atomic E-state index is -0.0840. The second-order valence-corrected chi connectivity index (χ2v) is 6.77. The van der Waals surface area contributed by atoms with Gasteiger partial charge >= 0.3 is 0 Å². The van der Waals surface area contributed by atoms with Gasteiger partial charge in [0, 0.05) is 12.0 Å². The molecule has 31 heavy (non-hydrogen) atoms. The Bertz CT molecular complexity index is 1000. The maximum atomic E-state index is 12.9. The van der Waals surface area contributed by atoms with E-state index in [0.29, 0.717) is 40.9 Å². The first-order valence-electron chi connectivity index (χ1n) is 9.76. The summed E-state index contributed by atoms with van der Waals surface area (Å²) in [5.74, 6) is 2.43. The minimum absolute atomic E-state index is 0.0840. The molecule has 6 nitrogen and oxygen atoms in total. The quantitative estimate of drug-likeness (QED) is 0.441. The Labute approximate surface area is 182 Å². The normalized spacial score (nSPS) is 10.3. The molecule has 6 heteroatoms. The molecule has 0 saturated heterocycles. The third-order valence-electron chi connectivity index (χ3n) is 4.82. The summed E-state index contributed by atoms with van der Waals surface area (Å²) in [5, 5.41) is 0. The Morgan fingerprint density at radius 3 is 1.90 bits per heavy atom. The van der Waals surface area contributed by atoms with Gasteiger partial charge < -0.3 is 23.7 Å². The van der Waals surface area contributed by atoms with Crippen molar-refractivity contribution >= 4 is 5.78 Å². The van der Waals surface area contributed by atoms with Crippen LogP contribution < -0.4 is 23.7 Å². The van der Waals surface area contributed by atoms with Crippen LogP contribution in [0.15, 0.2) is 60.7 Å². The zero-order valence-electron chi connectivity index (χ0n) is 18.1. The third-order valence-corrected chi connectivity index (χ3v) is 4.82. The summed E-state index contributed by atoms with van der Waals surface area (Å²) in [6, 6.07) is 18.7. The molecule has 0 spiro atoms. The average Bonchev–Trinajstić information content (AvgIpc) is 2.82. The van der Waals surface area contributed by atoms with Crippen LogP contribution in [-0.2, 0) is 13.0 Å². The van der Waals surface area contributed by atoms with Crippen molar-refractivity contribution in [2.75, 3.05) is 28.4 Å². The van der Waals surface area contributed by atoms with Crippen LogP contribution in [0.2, 0.25) is 0 Å². The van der Waals surface area contributed by atoms with Gasteiger partial charge in [-0.05, 0) is 35.4 Å². The summed E-state index contributed by atoms with van der Waals surface area (Å²) in [6.07, 6.45) is 0.188. The fraction of sp³-hybridized carbons (Fsp3) is 0.240. The van der Waals surface area contributed by atoms with E-state index in [1.165, 1.54) is 21.3 Å². The maximum Gasteiger partial charge on any atom is 0.203 e. The molecular weight excluding hydrogens is 396 g/mol. The lowest BCUT2D eigenvalue weighted by molar-refractivity contribution is 0.0992. The highest BCUT2D eigenvalue weighted by Crippen LogP contribution is 2.38. The Hall–Kier alpha value is -3.67.